The van der Waals surface area contributed by atoms with E-state index < -0.39 is 17.3 Å². The molecule has 1 aromatic carbocycles. The molecule has 1 nitrogen and oxygen atoms in total. The van der Waals surface area contributed by atoms with Gasteiger partial charge in [-0.3, -0.25) is 0 Å². The molecule has 74 valence electrons. The molecule has 0 bridgehead atoms. The van der Waals surface area contributed by atoms with Gasteiger partial charge in [0.25, 0.3) is 0 Å². The summed E-state index contributed by atoms with van der Waals surface area (Å²) in [5.74, 6) is 0. The second-order valence-corrected chi connectivity index (χ2v) is 3.11. The van der Waals surface area contributed by atoms with Crippen molar-refractivity contribution in [3.8, 4) is 6.07 Å². The van der Waals surface area contributed by atoms with Crippen LogP contribution in [-0.2, 0) is 6.18 Å². The number of halogens is 4. The van der Waals surface area contributed by atoms with E-state index in [1.807, 2.05) is 0 Å². The zero-order chi connectivity index (χ0) is 10.9. The van der Waals surface area contributed by atoms with E-state index in [9.17, 15) is 13.2 Å². The van der Waals surface area contributed by atoms with Gasteiger partial charge in [-0.2, -0.15) is 18.4 Å². The van der Waals surface area contributed by atoms with Crippen LogP contribution in [-0.4, -0.2) is 0 Å². The number of benzene rings is 1. The van der Waals surface area contributed by atoms with Gasteiger partial charge in [-0.05, 0) is 24.6 Å². The minimum Gasteiger partial charge on any atom is -0.192 e. The lowest BCUT2D eigenvalue weighted by Crippen LogP contribution is -2.10. The maximum atomic E-state index is 12.5. The van der Waals surface area contributed by atoms with Crippen LogP contribution in [0.15, 0.2) is 12.1 Å². The second kappa shape index (κ2) is 3.50. The SMILES string of the molecule is Cc1c(Cl)ccc(C#N)c1C(F)(F)F. The van der Waals surface area contributed by atoms with Gasteiger partial charge in [-0.25, -0.2) is 0 Å². The van der Waals surface area contributed by atoms with Crippen molar-refractivity contribution >= 4 is 11.6 Å². The quantitative estimate of drug-likeness (QED) is 0.655. The summed E-state index contributed by atoms with van der Waals surface area (Å²) in [5.41, 5.74) is -1.47. The molecule has 0 aliphatic heterocycles. The summed E-state index contributed by atoms with van der Waals surface area (Å²) in [4.78, 5) is 0. The Bertz CT molecular complexity index is 404. The van der Waals surface area contributed by atoms with Crippen LogP contribution < -0.4 is 0 Å². The Kier molecular flexibility index (Phi) is 2.72. The predicted octanol–water partition coefficient (Wildman–Crippen LogP) is 3.54. The van der Waals surface area contributed by atoms with Crippen molar-refractivity contribution in [3.63, 3.8) is 0 Å². The molecule has 1 aromatic rings. The van der Waals surface area contributed by atoms with Crippen molar-refractivity contribution in [3.05, 3.63) is 33.8 Å². The van der Waals surface area contributed by atoms with Gasteiger partial charge in [0.15, 0.2) is 0 Å². The molecule has 0 atom stereocenters. The summed E-state index contributed by atoms with van der Waals surface area (Å²) in [7, 11) is 0. The van der Waals surface area contributed by atoms with Gasteiger partial charge in [0.05, 0.1) is 17.2 Å². The number of nitriles is 1. The van der Waals surface area contributed by atoms with Crippen molar-refractivity contribution in [2.45, 2.75) is 13.1 Å². The fraction of sp³-hybridized carbons (Fsp3) is 0.222. The van der Waals surface area contributed by atoms with Crippen molar-refractivity contribution in [1.29, 1.82) is 5.26 Å². The predicted molar refractivity (Wildman–Crippen MR) is 45.9 cm³/mol. The average molecular weight is 220 g/mol. The van der Waals surface area contributed by atoms with Crippen LogP contribution >= 0.6 is 11.6 Å². The number of hydrogen-bond donors (Lipinski definition) is 0. The summed E-state index contributed by atoms with van der Waals surface area (Å²) in [5, 5.41) is 8.51. The molecular formula is C9H5ClF3N. The summed E-state index contributed by atoms with van der Waals surface area (Å²) < 4.78 is 37.4. The number of alkyl halides is 3. The van der Waals surface area contributed by atoms with Crippen molar-refractivity contribution in [2.24, 2.45) is 0 Å². The molecule has 0 saturated heterocycles. The van der Waals surface area contributed by atoms with Crippen molar-refractivity contribution < 1.29 is 13.2 Å². The minimum atomic E-state index is -4.54. The van der Waals surface area contributed by atoms with E-state index in [1.165, 1.54) is 19.1 Å². The van der Waals surface area contributed by atoms with Crippen LogP contribution in [0.25, 0.3) is 0 Å². The standard InChI is InChI=1S/C9H5ClF3N/c1-5-7(10)3-2-6(4-14)8(5)9(11,12)13/h2-3H,1H3. The summed E-state index contributed by atoms with van der Waals surface area (Å²) in [6, 6.07) is 3.84. The second-order valence-electron chi connectivity index (χ2n) is 2.70. The van der Waals surface area contributed by atoms with Crippen LogP contribution in [0.1, 0.15) is 16.7 Å². The van der Waals surface area contributed by atoms with E-state index in [2.05, 4.69) is 0 Å². The first-order chi connectivity index (χ1) is 6.38. The summed E-state index contributed by atoms with van der Waals surface area (Å²) >= 11 is 5.54. The van der Waals surface area contributed by atoms with Crippen LogP contribution in [0.3, 0.4) is 0 Å². The van der Waals surface area contributed by atoms with E-state index in [0.717, 1.165) is 6.07 Å². The van der Waals surface area contributed by atoms with E-state index >= 15 is 0 Å². The summed E-state index contributed by atoms with van der Waals surface area (Å²) in [6.45, 7) is 1.24. The average Bonchev–Trinajstić information content (AvgIpc) is 2.07. The number of hydrogen-bond acceptors (Lipinski definition) is 1. The van der Waals surface area contributed by atoms with Crippen LogP contribution in [0.2, 0.25) is 5.02 Å². The highest BCUT2D eigenvalue weighted by atomic mass is 35.5. The van der Waals surface area contributed by atoms with E-state index in [-0.39, 0.29) is 10.6 Å². The van der Waals surface area contributed by atoms with E-state index in [1.54, 1.807) is 0 Å². The molecule has 14 heavy (non-hydrogen) atoms. The molecule has 5 heteroatoms. The van der Waals surface area contributed by atoms with Gasteiger partial charge in [0.2, 0.25) is 0 Å². The fourth-order valence-electron chi connectivity index (χ4n) is 1.14. The van der Waals surface area contributed by atoms with E-state index in [4.69, 9.17) is 16.9 Å². The topological polar surface area (TPSA) is 23.8 Å². The van der Waals surface area contributed by atoms with Gasteiger partial charge in [-0.15, -0.1) is 0 Å². The Hall–Kier alpha value is -1.21. The third-order valence-electron chi connectivity index (χ3n) is 1.80. The monoisotopic (exact) mass is 219 g/mol. The first-order valence-corrected chi connectivity index (χ1v) is 4.02. The molecule has 0 amide bonds. The summed E-state index contributed by atoms with van der Waals surface area (Å²) in [6.07, 6.45) is -4.54. The van der Waals surface area contributed by atoms with Gasteiger partial charge < -0.3 is 0 Å². The molecule has 0 aromatic heterocycles. The maximum absolute atomic E-state index is 12.5. The Morgan fingerprint density at radius 3 is 2.36 bits per heavy atom. The zero-order valence-corrected chi connectivity index (χ0v) is 7.87. The fourth-order valence-corrected chi connectivity index (χ4v) is 1.30. The Morgan fingerprint density at radius 2 is 1.93 bits per heavy atom. The normalized spacial score (nSPS) is 11.1. The Morgan fingerprint density at radius 1 is 1.36 bits per heavy atom. The number of rotatable bonds is 0. The Labute approximate surface area is 83.7 Å². The van der Waals surface area contributed by atoms with Gasteiger partial charge in [0.1, 0.15) is 0 Å². The highest BCUT2D eigenvalue weighted by Gasteiger charge is 2.36. The first kappa shape index (κ1) is 10.9. The van der Waals surface area contributed by atoms with Crippen LogP contribution in [0, 0.1) is 18.3 Å². The highest BCUT2D eigenvalue weighted by molar-refractivity contribution is 6.31. The first-order valence-electron chi connectivity index (χ1n) is 3.64. The molecule has 0 N–H and O–H groups in total. The molecule has 0 spiro atoms. The van der Waals surface area contributed by atoms with Crippen LogP contribution in [0.4, 0.5) is 13.2 Å². The smallest absolute Gasteiger partial charge is 0.192 e. The lowest BCUT2D eigenvalue weighted by Gasteiger charge is -2.12. The molecule has 0 fully saturated rings. The molecule has 0 aliphatic carbocycles. The molecule has 0 aliphatic rings. The molecule has 0 saturated carbocycles. The van der Waals surface area contributed by atoms with Gasteiger partial charge in [0, 0.05) is 5.02 Å². The largest absolute Gasteiger partial charge is 0.417 e. The lowest BCUT2D eigenvalue weighted by atomic mass is 10.0. The van der Waals surface area contributed by atoms with Gasteiger partial charge in [-0.1, -0.05) is 11.6 Å². The lowest BCUT2D eigenvalue weighted by molar-refractivity contribution is -0.138. The van der Waals surface area contributed by atoms with Crippen molar-refractivity contribution in [1.82, 2.24) is 0 Å². The molecule has 1 rings (SSSR count). The van der Waals surface area contributed by atoms with Crippen LogP contribution in [0.5, 0.6) is 0 Å². The highest BCUT2D eigenvalue weighted by Crippen LogP contribution is 2.36. The molecule has 0 heterocycles. The number of nitrogens with zero attached hydrogens (tertiary/aromatic N) is 1. The third kappa shape index (κ3) is 1.83. The molecular weight excluding hydrogens is 215 g/mol. The van der Waals surface area contributed by atoms with Gasteiger partial charge >= 0.3 is 6.18 Å². The third-order valence-corrected chi connectivity index (χ3v) is 2.21. The molecule has 0 radical (unpaired) electrons. The van der Waals surface area contributed by atoms with Crippen molar-refractivity contribution in [2.75, 3.05) is 0 Å². The zero-order valence-electron chi connectivity index (χ0n) is 7.11. The maximum Gasteiger partial charge on any atom is 0.417 e. The van der Waals surface area contributed by atoms with E-state index in [0.29, 0.717) is 0 Å². The Balaban J connectivity index is 3.54. The minimum absolute atomic E-state index is 0.0105. The molecule has 0 unspecified atom stereocenters.